The summed E-state index contributed by atoms with van der Waals surface area (Å²) >= 11 is 0. The van der Waals surface area contributed by atoms with E-state index in [-0.39, 0.29) is 6.04 Å². The van der Waals surface area contributed by atoms with E-state index in [1.54, 1.807) is 0 Å². The quantitative estimate of drug-likeness (QED) is 0.559. The van der Waals surface area contributed by atoms with Crippen molar-refractivity contribution in [3.05, 3.63) is 0 Å². The van der Waals surface area contributed by atoms with Gasteiger partial charge in [-0.05, 0) is 13.5 Å². The van der Waals surface area contributed by atoms with Crippen molar-refractivity contribution >= 4 is 5.78 Å². The lowest BCUT2D eigenvalue weighted by Crippen LogP contribution is -2.41. The summed E-state index contributed by atoms with van der Waals surface area (Å²) in [6.45, 7) is 2.09. The standard InChI is InChI=1S/C8H14N2O/c1-9-6-2-4-10-5-3-7(11)8(6)10/h6,8-9H,2-5H2,1H3/t6-,8?/m0/s1. The number of fused-ring (bicyclic) bond motifs is 1. The van der Waals surface area contributed by atoms with Crippen molar-refractivity contribution < 1.29 is 4.79 Å². The van der Waals surface area contributed by atoms with Crippen molar-refractivity contribution in [1.82, 2.24) is 10.2 Å². The molecule has 3 nitrogen and oxygen atoms in total. The van der Waals surface area contributed by atoms with Crippen molar-refractivity contribution in [3.63, 3.8) is 0 Å². The van der Waals surface area contributed by atoms with Crippen LogP contribution in [0.5, 0.6) is 0 Å². The lowest BCUT2D eigenvalue weighted by molar-refractivity contribution is -0.119. The Hall–Kier alpha value is -0.410. The molecule has 0 aliphatic carbocycles. The smallest absolute Gasteiger partial charge is 0.152 e. The van der Waals surface area contributed by atoms with Crippen LogP contribution in [0.25, 0.3) is 0 Å². The van der Waals surface area contributed by atoms with Crippen LogP contribution >= 0.6 is 0 Å². The van der Waals surface area contributed by atoms with Crippen molar-refractivity contribution in [2.75, 3.05) is 20.1 Å². The van der Waals surface area contributed by atoms with Gasteiger partial charge in [-0.25, -0.2) is 0 Å². The number of rotatable bonds is 1. The maximum Gasteiger partial charge on any atom is 0.152 e. The second-order valence-electron chi connectivity index (χ2n) is 3.38. The molecule has 1 unspecified atom stereocenters. The van der Waals surface area contributed by atoms with Crippen molar-refractivity contribution in [1.29, 1.82) is 0 Å². The van der Waals surface area contributed by atoms with Crippen LogP contribution in [-0.4, -0.2) is 42.9 Å². The highest BCUT2D eigenvalue weighted by Crippen LogP contribution is 2.24. The second kappa shape index (κ2) is 2.57. The summed E-state index contributed by atoms with van der Waals surface area (Å²) in [4.78, 5) is 13.6. The summed E-state index contributed by atoms with van der Waals surface area (Å²) in [5.74, 6) is 0.432. The zero-order chi connectivity index (χ0) is 7.84. The Morgan fingerprint density at radius 2 is 2.36 bits per heavy atom. The Balaban J connectivity index is 2.13. The summed E-state index contributed by atoms with van der Waals surface area (Å²) in [6, 6.07) is 0.630. The molecule has 0 aromatic carbocycles. The van der Waals surface area contributed by atoms with Gasteiger partial charge in [-0.15, -0.1) is 0 Å². The first-order chi connectivity index (χ1) is 5.33. The number of hydrogen-bond acceptors (Lipinski definition) is 3. The number of ketones is 1. The molecule has 0 aromatic rings. The van der Waals surface area contributed by atoms with Crippen LogP contribution in [0.15, 0.2) is 0 Å². The maximum absolute atomic E-state index is 11.3. The van der Waals surface area contributed by atoms with E-state index in [1.165, 1.54) is 0 Å². The molecule has 0 saturated carbocycles. The molecule has 1 N–H and O–H groups in total. The fourth-order valence-electron chi connectivity index (χ4n) is 2.24. The van der Waals surface area contributed by atoms with Gasteiger partial charge < -0.3 is 5.32 Å². The predicted molar refractivity (Wildman–Crippen MR) is 42.4 cm³/mol. The van der Waals surface area contributed by atoms with E-state index < -0.39 is 0 Å². The molecule has 0 spiro atoms. The fraction of sp³-hybridized carbons (Fsp3) is 0.875. The van der Waals surface area contributed by atoms with E-state index in [1.807, 2.05) is 7.05 Å². The molecular weight excluding hydrogens is 140 g/mol. The zero-order valence-electron chi connectivity index (χ0n) is 6.84. The summed E-state index contributed by atoms with van der Waals surface area (Å²) in [6.07, 6.45) is 1.90. The van der Waals surface area contributed by atoms with Crippen molar-refractivity contribution in [2.45, 2.75) is 24.9 Å². The predicted octanol–water partition coefficient (Wildman–Crippen LogP) is -0.378. The van der Waals surface area contributed by atoms with Crippen LogP contribution in [0, 0.1) is 0 Å². The first kappa shape index (κ1) is 7.25. The highest BCUT2D eigenvalue weighted by Gasteiger charge is 2.41. The number of nitrogens with one attached hydrogen (secondary N) is 1. The van der Waals surface area contributed by atoms with Crippen LogP contribution in [0.2, 0.25) is 0 Å². The van der Waals surface area contributed by atoms with Gasteiger partial charge in [0.05, 0.1) is 6.04 Å². The van der Waals surface area contributed by atoms with Crippen LogP contribution in [0.4, 0.5) is 0 Å². The van der Waals surface area contributed by atoms with Gasteiger partial charge in [-0.1, -0.05) is 0 Å². The van der Waals surface area contributed by atoms with Crippen LogP contribution in [-0.2, 0) is 4.79 Å². The molecule has 2 atom stereocenters. The largest absolute Gasteiger partial charge is 0.315 e. The van der Waals surface area contributed by atoms with Gasteiger partial charge in [0.25, 0.3) is 0 Å². The highest BCUT2D eigenvalue weighted by molar-refractivity contribution is 5.87. The van der Waals surface area contributed by atoms with Gasteiger partial charge in [0.15, 0.2) is 5.78 Å². The van der Waals surface area contributed by atoms with Gasteiger partial charge in [-0.3, -0.25) is 9.69 Å². The lowest BCUT2D eigenvalue weighted by Gasteiger charge is -2.17. The molecular formula is C8H14N2O. The molecule has 3 heteroatoms. The molecule has 0 amide bonds. The van der Waals surface area contributed by atoms with Crippen molar-refractivity contribution in [3.8, 4) is 0 Å². The topological polar surface area (TPSA) is 32.3 Å². The Bertz CT molecular complexity index is 181. The minimum absolute atomic E-state index is 0.208. The van der Waals surface area contributed by atoms with Gasteiger partial charge in [0.1, 0.15) is 0 Å². The van der Waals surface area contributed by atoms with E-state index in [0.717, 1.165) is 25.9 Å². The van der Waals surface area contributed by atoms with E-state index in [2.05, 4.69) is 10.2 Å². The van der Waals surface area contributed by atoms with Gasteiger partial charge in [-0.2, -0.15) is 0 Å². The number of likely N-dealkylation sites (N-methyl/N-ethyl adjacent to an activating group) is 1. The van der Waals surface area contributed by atoms with E-state index in [9.17, 15) is 4.79 Å². The molecule has 62 valence electrons. The maximum atomic E-state index is 11.3. The zero-order valence-corrected chi connectivity index (χ0v) is 6.84. The van der Waals surface area contributed by atoms with Gasteiger partial charge in [0, 0.05) is 25.6 Å². The second-order valence-corrected chi connectivity index (χ2v) is 3.38. The van der Waals surface area contributed by atoms with Crippen molar-refractivity contribution in [2.24, 2.45) is 0 Å². The number of hydrogen-bond donors (Lipinski definition) is 1. The highest BCUT2D eigenvalue weighted by atomic mass is 16.1. The molecule has 2 heterocycles. The van der Waals surface area contributed by atoms with E-state index in [4.69, 9.17) is 0 Å². The van der Waals surface area contributed by atoms with Gasteiger partial charge in [0.2, 0.25) is 0 Å². The molecule has 2 aliphatic heterocycles. The normalized spacial score (nSPS) is 38.1. The average molecular weight is 154 g/mol. The first-order valence-corrected chi connectivity index (χ1v) is 4.27. The van der Waals surface area contributed by atoms with Crippen LogP contribution < -0.4 is 5.32 Å². The summed E-state index contributed by atoms with van der Waals surface area (Å²) in [7, 11) is 1.94. The average Bonchev–Trinajstić information content (AvgIpc) is 2.54. The lowest BCUT2D eigenvalue weighted by atomic mass is 10.1. The number of Topliss-reactive ketones (excluding diaryl/α,β-unsaturated/α-hetero) is 1. The van der Waals surface area contributed by atoms with E-state index >= 15 is 0 Å². The Kier molecular flexibility index (Phi) is 1.69. The number of carbonyl (C=O) groups excluding carboxylic acids is 1. The summed E-state index contributed by atoms with van der Waals surface area (Å²) in [5, 5.41) is 3.20. The van der Waals surface area contributed by atoms with Gasteiger partial charge >= 0.3 is 0 Å². The van der Waals surface area contributed by atoms with Crippen LogP contribution in [0.3, 0.4) is 0 Å². The molecule has 2 saturated heterocycles. The Morgan fingerprint density at radius 1 is 1.55 bits per heavy atom. The van der Waals surface area contributed by atoms with Crippen LogP contribution in [0.1, 0.15) is 12.8 Å². The molecule has 0 bridgehead atoms. The third-order valence-corrected chi connectivity index (χ3v) is 2.85. The first-order valence-electron chi connectivity index (χ1n) is 4.27. The molecule has 2 aliphatic rings. The molecule has 11 heavy (non-hydrogen) atoms. The SMILES string of the molecule is CN[C@H]1CCN2CCC(=O)C12. The molecule has 2 rings (SSSR count). The molecule has 0 aromatic heterocycles. The van der Waals surface area contributed by atoms with E-state index in [0.29, 0.717) is 11.8 Å². The third kappa shape index (κ3) is 0.993. The summed E-state index contributed by atoms with van der Waals surface area (Å²) in [5.41, 5.74) is 0. The minimum atomic E-state index is 0.208. The Morgan fingerprint density at radius 3 is 3.09 bits per heavy atom. The number of nitrogens with zero attached hydrogens (tertiary/aromatic N) is 1. The Labute approximate surface area is 66.8 Å². The third-order valence-electron chi connectivity index (χ3n) is 2.85. The monoisotopic (exact) mass is 154 g/mol. The molecule has 2 fully saturated rings. The molecule has 0 radical (unpaired) electrons. The number of carbonyl (C=O) groups is 1. The minimum Gasteiger partial charge on any atom is -0.315 e. The fourth-order valence-corrected chi connectivity index (χ4v) is 2.24. The summed E-state index contributed by atoms with van der Waals surface area (Å²) < 4.78 is 0.